The summed E-state index contributed by atoms with van der Waals surface area (Å²) in [6.45, 7) is 3.77. The second-order valence-corrected chi connectivity index (χ2v) is 7.85. The van der Waals surface area contributed by atoms with Gasteiger partial charge in [-0.05, 0) is 56.3 Å². The van der Waals surface area contributed by atoms with E-state index < -0.39 is 22.0 Å². The molecule has 7 nitrogen and oxygen atoms in total. The van der Waals surface area contributed by atoms with E-state index in [1.54, 1.807) is 26.0 Å². The molecule has 0 saturated heterocycles. The van der Waals surface area contributed by atoms with Crippen LogP contribution in [0.4, 0.5) is 5.69 Å². The first-order valence-electron chi connectivity index (χ1n) is 8.20. The van der Waals surface area contributed by atoms with Crippen LogP contribution in [0, 0.1) is 0 Å². The zero-order valence-corrected chi connectivity index (χ0v) is 16.4. The molecule has 0 heterocycles. The number of hydrogen-bond acceptors (Lipinski definition) is 4. The van der Waals surface area contributed by atoms with Crippen LogP contribution >= 0.6 is 11.6 Å². The molecule has 27 heavy (non-hydrogen) atoms. The summed E-state index contributed by atoms with van der Waals surface area (Å²) in [6.07, 6.45) is 0. The van der Waals surface area contributed by atoms with Crippen LogP contribution in [0.2, 0.25) is 5.02 Å². The van der Waals surface area contributed by atoms with Crippen molar-refractivity contribution in [1.29, 1.82) is 0 Å². The van der Waals surface area contributed by atoms with E-state index in [1.165, 1.54) is 36.4 Å². The standard InChI is InChI=1S/C18H20ClN3O4S/c1-3-20-17(23)12(2)21-18(24)13-5-4-6-16(11-13)27(25,26)22-15-9-7-14(19)8-10-15/h4-12,22H,3H2,1-2H3,(H,20,23)(H,21,24)/t12-/m0/s1. The molecule has 0 aliphatic carbocycles. The first-order chi connectivity index (χ1) is 12.7. The molecule has 144 valence electrons. The number of anilines is 1. The van der Waals surface area contributed by atoms with Crippen LogP contribution in [0.5, 0.6) is 0 Å². The molecule has 0 unspecified atom stereocenters. The lowest BCUT2D eigenvalue weighted by Crippen LogP contribution is -2.44. The minimum absolute atomic E-state index is 0.0734. The predicted octanol–water partition coefficient (Wildman–Crippen LogP) is 2.40. The van der Waals surface area contributed by atoms with Gasteiger partial charge in [0.25, 0.3) is 15.9 Å². The average Bonchev–Trinajstić information content (AvgIpc) is 2.63. The van der Waals surface area contributed by atoms with Crippen LogP contribution in [-0.2, 0) is 14.8 Å². The largest absolute Gasteiger partial charge is 0.355 e. The molecule has 9 heteroatoms. The summed E-state index contributed by atoms with van der Waals surface area (Å²) in [7, 11) is -3.89. The van der Waals surface area contributed by atoms with E-state index in [2.05, 4.69) is 15.4 Å². The minimum Gasteiger partial charge on any atom is -0.355 e. The number of carbonyl (C=O) groups excluding carboxylic acids is 2. The molecule has 0 saturated carbocycles. The van der Waals surface area contributed by atoms with Gasteiger partial charge in [-0.25, -0.2) is 8.42 Å². The Balaban J connectivity index is 2.17. The van der Waals surface area contributed by atoms with Crippen LogP contribution in [0.3, 0.4) is 0 Å². The smallest absolute Gasteiger partial charge is 0.261 e. The number of sulfonamides is 1. The third-order valence-electron chi connectivity index (χ3n) is 3.59. The van der Waals surface area contributed by atoms with Crippen LogP contribution in [0.25, 0.3) is 0 Å². The molecule has 1 atom stereocenters. The molecule has 2 rings (SSSR count). The lowest BCUT2D eigenvalue weighted by Gasteiger charge is -2.14. The van der Waals surface area contributed by atoms with Crippen molar-refractivity contribution in [1.82, 2.24) is 10.6 Å². The highest BCUT2D eigenvalue weighted by molar-refractivity contribution is 7.92. The molecule has 0 radical (unpaired) electrons. The van der Waals surface area contributed by atoms with Crippen LogP contribution in [0.1, 0.15) is 24.2 Å². The molecule has 0 aliphatic rings. The fraction of sp³-hybridized carbons (Fsp3) is 0.222. The Kier molecular flexibility index (Phi) is 6.81. The van der Waals surface area contributed by atoms with E-state index in [0.29, 0.717) is 17.3 Å². The Morgan fingerprint density at radius 3 is 2.41 bits per heavy atom. The van der Waals surface area contributed by atoms with Gasteiger partial charge in [-0.15, -0.1) is 0 Å². The van der Waals surface area contributed by atoms with Crippen molar-refractivity contribution in [2.24, 2.45) is 0 Å². The number of halogens is 1. The Hall–Kier alpha value is -2.58. The van der Waals surface area contributed by atoms with Gasteiger partial charge in [-0.3, -0.25) is 14.3 Å². The molecule has 0 aromatic heterocycles. The van der Waals surface area contributed by atoms with Crippen molar-refractivity contribution < 1.29 is 18.0 Å². The maximum Gasteiger partial charge on any atom is 0.261 e. The van der Waals surface area contributed by atoms with Crippen molar-refractivity contribution in [3.05, 3.63) is 59.1 Å². The summed E-state index contributed by atoms with van der Waals surface area (Å²) in [5, 5.41) is 5.62. The molecule has 0 bridgehead atoms. The molecular formula is C18H20ClN3O4S. The number of carbonyl (C=O) groups is 2. The van der Waals surface area contributed by atoms with Gasteiger partial charge < -0.3 is 10.6 Å². The van der Waals surface area contributed by atoms with Crippen molar-refractivity contribution in [3.63, 3.8) is 0 Å². The van der Waals surface area contributed by atoms with Gasteiger partial charge in [-0.2, -0.15) is 0 Å². The number of hydrogen-bond donors (Lipinski definition) is 3. The summed E-state index contributed by atoms with van der Waals surface area (Å²) < 4.78 is 27.5. The fourth-order valence-electron chi connectivity index (χ4n) is 2.21. The van der Waals surface area contributed by atoms with E-state index in [1.807, 2.05) is 0 Å². The zero-order chi connectivity index (χ0) is 20.0. The number of benzene rings is 2. The van der Waals surface area contributed by atoms with Crippen LogP contribution < -0.4 is 15.4 Å². The zero-order valence-electron chi connectivity index (χ0n) is 14.8. The van der Waals surface area contributed by atoms with Crippen LogP contribution in [-0.4, -0.2) is 32.8 Å². The fourth-order valence-corrected chi connectivity index (χ4v) is 3.44. The Labute approximate surface area is 163 Å². The van der Waals surface area contributed by atoms with Crippen molar-refractivity contribution in [2.75, 3.05) is 11.3 Å². The van der Waals surface area contributed by atoms with Crippen LogP contribution in [0.15, 0.2) is 53.4 Å². The third-order valence-corrected chi connectivity index (χ3v) is 5.23. The quantitative estimate of drug-likeness (QED) is 0.653. The van der Waals surface area contributed by atoms with Gasteiger partial charge in [0.1, 0.15) is 6.04 Å². The third kappa shape index (κ3) is 5.70. The van der Waals surface area contributed by atoms with E-state index in [9.17, 15) is 18.0 Å². The molecule has 0 aliphatic heterocycles. The highest BCUT2D eigenvalue weighted by Crippen LogP contribution is 2.19. The van der Waals surface area contributed by atoms with E-state index in [0.717, 1.165) is 0 Å². The first-order valence-corrected chi connectivity index (χ1v) is 10.1. The second-order valence-electron chi connectivity index (χ2n) is 5.73. The summed E-state index contributed by atoms with van der Waals surface area (Å²) >= 11 is 5.79. The number of likely N-dealkylation sites (N-methyl/N-ethyl adjacent to an activating group) is 1. The summed E-state index contributed by atoms with van der Waals surface area (Å²) in [5.41, 5.74) is 0.476. The lowest BCUT2D eigenvalue weighted by molar-refractivity contribution is -0.122. The monoisotopic (exact) mass is 409 g/mol. The predicted molar refractivity (Wildman–Crippen MR) is 104 cm³/mol. The number of amides is 2. The second kappa shape index (κ2) is 8.88. The molecule has 2 aromatic rings. The minimum atomic E-state index is -3.89. The normalized spacial score (nSPS) is 12.1. The number of rotatable bonds is 7. The van der Waals surface area contributed by atoms with Gasteiger partial charge >= 0.3 is 0 Å². The van der Waals surface area contributed by atoms with E-state index in [4.69, 9.17) is 11.6 Å². The highest BCUT2D eigenvalue weighted by atomic mass is 35.5. The van der Waals surface area contributed by atoms with Gasteiger partial charge in [0, 0.05) is 22.8 Å². The van der Waals surface area contributed by atoms with Gasteiger partial charge in [0.2, 0.25) is 5.91 Å². The van der Waals surface area contributed by atoms with Crippen molar-refractivity contribution >= 4 is 39.1 Å². The first kappa shape index (κ1) is 20.7. The lowest BCUT2D eigenvalue weighted by atomic mass is 10.2. The van der Waals surface area contributed by atoms with Gasteiger partial charge in [0.15, 0.2) is 0 Å². The summed E-state index contributed by atoms with van der Waals surface area (Å²) in [4.78, 5) is 24.0. The maximum absolute atomic E-state index is 12.5. The molecular weight excluding hydrogens is 390 g/mol. The Bertz CT molecular complexity index is 930. The topological polar surface area (TPSA) is 104 Å². The summed E-state index contributed by atoms with van der Waals surface area (Å²) in [5.74, 6) is -0.865. The molecule has 2 amide bonds. The maximum atomic E-state index is 12.5. The highest BCUT2D eigenvalue weighted by Gasteiger charge is 2.19. The SMILES string of the molecule is CCNC(=O)[C@H](C)NC(=O)c1cccc(S(=O)(=O)Nc2ccc(Cl)cc2)c1. The molecule has 0 spiro atoms. The molecule has 2 aromatic carbocycles. The van der Waals surface area contributed by atoms with Gasteiger partial charge in [0.05, 0.1) is 4.90 Å². The molecule has 3 N–H and O–H groups in total. The summed E-state index contributed by atoms with van der Waals surface area (Å²) in [6, 6.07) is 11.0. The van der Waals surface area contributed by atoms with Crippen molar-refractivity contribution in [2.45, 2.75) is 24.8 Å². The van der Waals surface area contributed by atoms with Gasteiger partial charge in [-0.1, -0.05) is 17.7 Å². The van der Waals surface area contributed by atoms with E-state index >= 15 is 0 Å². The Morgan fingerprint density at radius 2 is 1.78 bits per heavy atom. The molecule has 0 fully saturated rings. The Morgan fingerprint density at radius 1 is 1.11 bits per heavy atom. The van der Waals surface area contributed by atoms with Crippen molar-refractivity contribution in [3.8, 4) is 0 Å². The average molecular weight is 410 g/mol. The number of nitrogens with one attached hydrogen (secondary N) is 3. The van der Waals surface area contributed by atoms with E-state index in [-0.39, 0.29) is 16.4 Å².